The van der Waals surface area contributed by atoms with E-state index < -0.39 is 0 Å². The first kappa shape index (κ1) is 12.1. The fraction of sp³-hybridized carbons (Fsp3) is 0.0667. The molecule has 0 fully saturated rings. The van der Waals surface area contributed by atoms with E-state index >= 15 is 0 Å². The lowest BCUT2D eigenvalue weighted by atomic mass is 10.2. The number of halogens is 1. The molecule has 0 saturated carbocycles. The highest BCUT2D eigenvalue weighted by Gasteiger charge is 2.08. The van der Waals surface area contributed by atoms with Crippen LogP contribution in [0.2, 0.25) is 0 Å². The summed E-state index contributed by atoms with van der Waals surface area (Å²) in [4.78, 5) is 0. The third kappa shape index (κ3) is 2.44. The molecule has 0 amide bonds. The van der Waals surface area contributed by atoms with Gasteiger partial charge in [0.15, 0.2) is 11.5 Å². The van der Waals surface area contributed by atoms with Gasteiger partial charge in [-0.1, -0.05) is 28.1 Å². The summed E-state index contributed by atoms with van der Waals surface area (Å²) in [6.07, 6.45) is 1.68. The molecule has 0 radical (unpaired) electrons. The van der Waals surface area contributed by atoms with E-state index in [0.717, 1.165) is 21.0 Å². The quantitative estimate of drug-likeness (QED) is 0.774. The molecule has 0 atom stereocenters. The molecule has 0 unspecified atom stereocenters. The number of benzene rings is 2. The highest BCUT2D eigenvalue weighted by atomic mass is 79.9. The second kappa shape index (κ2) is 4.97. The summed E-state index contributed by atoms with van der Waals surface area (Å²) in [5, 5.41) is 10.6. The van der Waals surface area contributed by atoms with E-state index in [1.807, 2.05) is 24.3 Å². The van der Waals surface area contributed by atoms with Crippen molar-refractivity contribution in [2.45, 2.75) is 6.61 Å². The largest absolute Gasteiger partial charge is 0.504 e. The fourth-order valence-corrected chi connectivity index (χ4v) is 2.26. The van der Waals surface area contributed by atoms with Crippen LogP contribution in [-0.2, 0) is 6.61 Å². The van der Waals surface area contributed by atoms with E-state index in [0.29, 0.717) is 12.4 Å². The van der Waals surface area contributed by atoms with Crippen molar-refractivity contribution in [1.29, 1.82) is 0 Å². The Bertz CT molecular complexity index is 718. The Morgan fingerprint density at radius 1 is 1.16 bits per heavy atom. The van der Waals surface area contributed by atoms with E-state index in [9.17, 15) is 5.11 Å². The summed E-state index contributed by atoms with van der Waals surface area (Å²) >= 11 is 3.44. The zero-order valence-electron chi connectivity index (χ0n) is 9.97. The maximum absolute atomic E-state index is 9.64. The molecule has 0 bridgehead atoms. The van der Waals surface area contributed by atoms with Gasteiger partial charge in [-0.15, -0.1) is 0 Å². The second-order valence-corrected chi connectivity index (χ2v) is 5.07. The lowest BCUT2D eigenvalue weighted by Gasteiger charge is -2.06. The van der Waals surface area contributed by atoms with Crippen molar-refractivity contribution in [2.75, 3.05) is 0 Å². The van der Waals surface area contributed by atoms with E-state index in [2.05, 4.69) is 15.9 Å². The maximum atomic E-state index is 9.64. The Morgan fingerprint density at radius 3 is 2.84 bits per heavy atom. The number of phenolic OH excluding ortho intramolecular Hbond substituents is 1. The second-order valence-electron chi connectivity index (χ2n) is 4.16. The molecule has 1 aromatic heterocycles. The number of phenols is 1. The molecule has 0 spiro atoms. The fourth-order valence-electron chi connectivity index (χ4n) is 1.90. The summed E-state index contributed by atoms with van der Waals surface area (Å²) in [5.74, 6) is 0.600. The van der Waals surface area contributed by atoms with Crippen LogP contribution in [0.4, 0.5) is 0 Å². The van der Waals surface area contributed by atoms with E-state index in [-0.39, 0.29) is 5.75 Å². The number of rotatable bonds is 3. The molecule has 2 aromatic carbocycles. The average molecular weight is 319 g/mol. The Labute approximate surface area is 118 Å². The van der Waals surface area contributed by atoms with Crippen LogP contribution in [-0.4, -0.2) is 5.11 Å². The van der Waals surface area contributed by atoms with Gasteiger partial charge in [-0.25, -0.2) is 0 Å². The molecular formula is C15H11BrO3. The third-order valence-electron chi connectivity index (χ3n) is 2.86. The van der Waals surface area contributed by atoms with Crippen LogP contribution in [0.3, 0.4) is 0 Å². The monoisotopic (exact) mass is 318 g/mol. The molecule has 4 heteroatoms. The first-order chi connectivity index (χ1) is 9.24. The van der Waals surface area contributed by atoms with Crippen molar-refractivity contribution in [1.82, 2.24) is 0 Å². The maximum Gasteiger partial charge on any atom is 0.161 e. The minimum Gasteiger partial charge on any atom is -0.504 e. The molecule has 3 nitrogen and oxygen atoms in total. The van der Waals surface area contributed by atoms with E-state index in [1.165, 1.54) is 0 Å². The minimum absolute atomic E-state index is 0.136. The summed E-state index contributed by atoms with van der Waals surface area (Å²) < 4.78 is 12.1. The van der Waals surface area contributed by atoms with Crippen LogP contribution in [0, 0.1) is 0 Å². The number of aromatic hydroxyl groups is 1. The number of hydrogen-bond acceptors (Lipinski definition) is 3. The van der Waals surface area contributed by atoms with Crippen LogP contribution >= 0.6 is 15.9 Å². The van der Waals surface area contributed by atoms with Crippen molar-refractivity contribution < 1.29 is 14.3 Å². The SMILES string of the molecule is Oc1ccccc1OCc1coc2ccc(Br)cc12. The number of fused-ring (bicyclic) bond motifs is 1. The molecule has 1 heterocycles. The number of hydrogen-bond donors (Lipinski definition) is 1. The minimum atomic E-state index is 0.136. The number of ether oxygens (including phenoxy) is 1. The van der Waals surface area contributed by atoms with Crippen molar-refractivity contribution in [3.63, 3.8) is 0 Å². The highest BCUT2D eigenvalue weighted by molar-refractivity contribution is 9.10. The van der Waals surface area contributed by atoms with Crippen molar-refractivity contribution in [3.8, 4) is 11.5 Å². The molecule has 0 aliphatic heterocycles. The Kier molecular flexibility index (Phi) is 3.17. The van der Waals surface area contributed by atoms with Crippen LogP contribution in [0.5, 0.6) is 11.5 Å². The Balaban J connectivity index is 1.86. The zero-order chi connectivity index (χ0) is 13.2. The van der Waals surface area contributed by atoms with Gasteiger partial charge >= 0.3 is 0 Å². The van der Waals surface area contributed by atoms with Gasteiger partial charge in [0, 0.05) is 15.4 Å². The Morgan fingerprint density at radius 2 is 2.00 bits per heavy atom. The van der Waals surface area contributed by atoms with Crippen LogP contribution < -0.4 is 4.74 Å². The standard InChI is InChI=1S/C15H11BrO3/c16-11-5-6-14-12(7-11)10(8-18-14)9-19-15-4-2-1-3-13(15)17/h1-8,17H,9H2. The molecule has 0 saturated heterocycles. The molecule has 1 N–H and O–H groups in total. The van der Waals surface area contributed by atoms with Gasteiger partial charge < -0.3 is 14.3 Å². The van der Waals surface area contributed by atoms with Gasteiger partial charge in [0.2, 0.25) is 0 Å². The summed E-state index contributed by atoms with van der Waals surface area (Å²) in [7, 11) is 0. The molecule has 3 aromatic rings. The summed E-state index contributed by atoms with van der Waals surface area (Å²) in [6, 6.07) is 12.7. The van der Waals surface area contributed by atoms with Gasteiger partial charge in [-0.3, -0.25) is 0 Å². The lowest BCUT2D eigenvalue weighted by molar-refractivity contribution is 0.289. The predicted octanol–water partition coefficient (Wildman–Crippen LogP) is 4.48. The Hall–Kier alpha value is -1.94. The topological polar surface area (TPSA) is 42.6 Å². The van der Waals surface area contributed by atoms with Crippen LogP contribution in [0.25, 0.3) is 11.0 Å². The van der Waals surface area contributed by atoms with Crippen LogP contribution in [0.1, 0.15) is 5.56 Å². The molecule has 3 rings (SSSR count). The van der Waals surface area contributed by atoms with Crippen LogP contribution in [0.15, 0.2) is 57.6 Å². The normalized spacial score (nSPS) is 10.8. The van der Waals surface area contributed by atoms with Gasteiger partial charge in [0.25, 0.3) is 0 Å². The molecule has 19 heavy (non-hydrogen) atoms. The smallest absolute Gasteiger partial charge is 0.161 e. The number of para-hydroxylation sites is 2. The summed E-state index contributed by atoms with van der Waals surface area (Å²) in [6.45, 7) is 0.348. The zero-order valence-corrected chi connectivity index (χ0v) is 11.6. The molecule has 0 aliphatic rings. The van der Waals surface area contributed by atoms with Crippen molar-refractivity contribution in [2.24, 2.45) is 0 Å². The summed E-state index contributed by atoms with van der Waals surface area (Å²) in [5.41, 5.74) is 1.76. The first-order valence-corrected chi connectivity index (χ1v) is 6.60. The van der Waals surface area contributed by atoms with E-state index in [1.54, 1.807) is 24.5 Å². The van der Waals surface area contributed by atoms with E-state index in [4.69, 9.17) is 9.15 Å². The van der Waals surface area contributed by atoms with Gasteiger partial charge in [-0.2, -0.15) is 0 Å². The van der Waals surface area contributed by atoms with Crippen molar-refractivity contribution in [3.05, 3.63) is 58.8 Å². The predicted molar refractivity (Wildman–Crippen MR) is 76.4 cm³/mol. The number of furan rings is 1. The van der Waals surface area contributed by atoms with Gasteiger partial charge in [0.05, 0.1) is 6.26 Å². The van der Waals surface area contributed by atoms with Gasteiger partial charge in [0.1, 0.15) is 12.2 Å². The third-order valence-corrected chi connectivity index (χ3v) is 3.36. The first-order valence-electron chi connectivity index (χ1n) is 5.80. The molecular weight excluding hydrogens is 308 g/mol. The highest BCUT2D eigenvalue weighted by Crippen LogP contribution is 2.28. The average Bonchev–Trinajstić information content (AvgIpc) is 2.80. The van der Waals surface area contributed by atoms with Crippen molar-refractivity contribution >= 4 is 26.9 Å². The molecule has 0 aliphatic carbocycles. The lowest BCUT2D eigenvalue weighted by Crippen LogP contribution is -1.94. The molecule has 96 valence electrons. The van der Waals surface area contributed by atoms with Gasteiger partial charge in [-0.05, 0) is 30.3 Å².